The first kappa shape index (κ1) is 10.1. The van der Waals surface area contributed by atoms with Crippen LogP contribution in [0.5, 0.6) is 0 Å². The molecule has 88 valence electrons. The molecule has 2 aromatic rings. The van der Waals surface area contributed by atoms with E-state index in [-0.39, 0.29) is 5.69 Å². The third-order valence-corrected chi connectivity index (χ3v) is 3.40. The molecule has 0 spiro atoms. The van der Waals surface area contributed by atoms with Crippen LogP contribution in [0.15, 0.2) is 18.3 Å². The third-order valence-electron chi connectivity index (χ3n) is 3.40. The number of rotatable bonds is 2. The van der Waals surface area contributed by atoms with E-state index in [1.54, 1.807) is 6.07 Å². The Labute approximate surface area is 97.9 Å². The molecule has 17 heavy (non-hydrogen) atoms. The summed E-state index contributed by atoms with van der Waals surface area (Å²) in [5, 5.41) is 9.16. The highest BCUT2D eigenvalue weighted by Crippen LogP contribution is 2.37. The van der Waals surface area contributed by atoms with Gasteiger partial charge in [-0.25, -0.2) is 9.78 Å². The summed E-state index contributed by atoms with van der Waals surface area (Å²) >= 11 is 0. The van der Waals surface area contributed by atoms with E-state index >= 15 is 0 Å². The van der Waals surface area contributed by atoms with Crippen molar-refractivity contribution >= 4 is 17.2 Å². The van der Waals surface area contributed by atoms with E-state index in [2.05, 4.69) is 4.98 Å². The predicted octanol–water partition coefficient (Wildman–Crippen LogP) is 1.88. The molecule has 1 fully saturated rings. The van der Waals surface area contributed by atoms with Gasteiger partial charge >= 0.3 is 5.97 Å². The van der Waals surface area contributed by atoms with Gasteiger partial charge in [0.2, 0.25) is 0 Å². The molecule has 1 saturated carbocycles. The maximum atomic E-state index is 11.2. The zero-order valence-corrected chi connectivity index (χ0v) is 9.26. The highest BCUT2D eigenvalue weighted by Gasteiger charge is 2.27. The van der Waals surface area contributed by atoms with Crippen LogP contribution in [0.3, 0.4) is 0 Å². The van der Waals surface area contributed by atoms with Gasteiger partial charge in [0.25, 0.3) is 0 Å². The van der Waals surface area contributed by atoms with E-state index in [9.17, 15) is 4.79 Å². The van der Waals surface area contributed by atoms with Gasteiger partial charge in [0.1, 0.15) is 11.3 Å². The molecule has 1 aliphatic rings. The molecule has 3 rings (SSSR count). The number of pyridine rings is 1. The van der Waals surface area contributed by atoms with Crippen LogP contribution in [-0.2, 0) is 0 Å². The van der Waals surface area contributed by atoms with Gasteiger partial charge in [-0.05, 0) is 25.0 Å². The average molecular weight is 231 g/mol. The molecular formula is C12H13N3O2. The second kappa shape index (κ2) is 3.48. The summed E-state index contributed by atoms with van der Waals surface area (Å²) in [4.78, 5) is 15.4. The average Bonchev–Trinajstić information content (AvgIpc) is 2.57. The van der Waals surface area contributed by atoms with Crippen molar-refractivity contribution in [1.29, 1.82) is 0 Å². The highest BCUT2D eigenvalue weighted by atomic mass is 16.4. The summed E-state index contributed by atoms with van der Waals surface area (Å²) in [7, 11) is 0. The summed E-state index contributed by atoms with van der Waals surface area (Å²) < 4.78 is 1.82. The number of carboxylic acids is 1. The van der Waals surface area contributed by atoms with Gasteiger partial charge in [0, 0.05) is 12.1 Å². The molecule has 0 amide bonds. The number of imidazole rings is 1. The molecule has 0 bridgehead atoms. The van der Waals surface area contributed by atoms with E-state index in [0.29, 0.717) is 17.1 Å². The smallest absolute Gasteiger partial charge is 0.356 e. The SMILES string of the molecule is Nc1cccn2c(C3CCC3)nc(C(=O)O)c12. The Kier molecular flexibility index (Phi) is 2.07. The number of carbonyl (C=O) groups is 1. The van der Waals surface area contributed by atoms with E-state index in [4.69, 9.17) is 10.8 Å². The molecule has 3 N–H and O–H groups in total. The molecule has 0 aliphatic heterocycles. The first-order valence-electron chi connectivity index (χ1n) is 5.68. The van der Waals surface area contributed by atoms with Gasteiger partial charge in [0.15, 0.2) is 5.69 Å². The van der Waals surface area contributed by atoms with Crippen LogP contribution in [0.1, 0.15) is 41.5 Å². The summed E-state index contributed by atoms with van der Waals surface area (Å²) in [6.45, 7) is 0. The lowest BCUT2D eigenvalue weighted by molar-refractivity contribution is 0.0693. The number of nitrogen functional groups attached to an aromatic ring is 1. The summed E-state index contributed by atoms with van der Waals surface area (Å²) in [6.07, 6.45) is 5.17. The molecule has 0 unspecified atom stereocenters. The molecule has 0 aromatic carbocycles. The number of hydrogen-bond acceptors (Lipinski definition) is 3. The summed E-state index contributed by atoms with van der Waals surface area (Å²) in [5.41, 5.74) is 6.88. The van der Waals surface area contributed by atoms with E-state index in [1.807, 2.05) is 16.7 Å². The maximum absolute atomic E-state index is 11.2. The quantitative estimate of drug-likeness (QED) is 0.826. The van der Waals surface area contributed by atoms with Crippen LogP contribution < -0.4 is 5.73 Å². The number of anilines is 1. The van der Waals surface area contributed by atoms with Gasteiger partial charge in [-0.1, -0.05) is 6.42 Å². The molecule has 2 aromatic heterocycles. The van der Waals surface area contributed by atoms with Crippen LogP contribution in [0, 0.1) is 0 Å². The zero-order valence-electron chi connectivity index (χ0n) is 9.26. The van der Waals surface area contributed by atoms with Crippen molar-refractivity contribution in [2.75, 3.05) is 5.73 Å². The molecule has 0 saturated heterocycles. The molecular weight excluding hydrogens is 218 g/mol. The van der Waals surface area contributed by atoms with Crippen molar-refractivity contribution in [3.63, 3.8) is 0 Å². The van der Waals surface area contributed by atoms with Crippen LogP contribution in [0.25, 0.3) is 5.52 Å². The van der Waals surface area contributed by atoms with E-state index in [1.165, 1.54) is 6.42 Å². The number of aromatic carboxylic acids is 1. The second-order valence-corrected chi connectivity index (χ2v) is 4.43. The fourth-order valence-corrected chi connectivity index (χ4v) is 2.29. The van der Waals surface area contributed by atoms with Crippen LogP contribution in [0.2, 0.25) is 0 Å². The van der Waals surface area contributed by atoms with Crippen LogP contribution in [0.4, 0.5) is 5.69 Å². The highest BCUT2D eigenvalue weighted by molar-refractivity contribution is 5.97. The number of fused-ring (bicyclic) bond motifs is 1. The first-order chi connectivity index (χ1) is 8.18. The van der Waals surface area contributed by atoms with Gasteiger partial charge in [0.05, 0.1) is 5.69 Å². The molecule has 2 heterocycles. The van der Waals surface area contributed by atoms with E-state index in [0.717, 1.165) is 18.7 Å². The Morgan fingerprint density at radius 1 is 1.53 bits per heavy atom. The maximum Gasteiger partial charge on any atom is 0.356 e. The number of nitrogens with two attached hydrogens (primary N) is 1. The first-order valence-corrected chi connectivity index (χ1v) is 5.68. The topological polar surface area (TPSA) is 80.6 Å². The molecule has 0 atom stereocenters. The minimum Gasteiger partial charge on any atom is -0.476 e. The van der Waals surface area contributed by atoms with Crippen molar-refractivity contribution in [3.05, 3.63) is 29.8 Å². The summed E-state index contributed by atoms with van der Waals surface area (Å²) in [5.74, 6) is 0.180. The molecule has 5 heteroatoms. The van der Waals surface area contributed by atoms with E-state index < -0.39 is 5.97 Å². The predicted molar refractivity (Wildman–Crippen MR) is 63.2 cm³/mol. The third kappa shape index (κ3) is 1.39. The lowest BCUT2D eigenvalue weighted by Gasteiger charge is -2.23. The number of carboxylic acid groups (broad SMARTS) is 1. The van der Waals surface area contributed by atoms with Crippen LogP contribution >= 0.6 is 0 Å². The lowest BCUT2D eigenvalue weighted by atomic mass is 9.85. The van der Waals surface area contributed by atoms with Gasteiger partial charge in [-0.3, -0.25) is 0 Å². The van der Waals surface area contributed by atoms with Gasteiger partial charge < -0.3 is 15.2 Å². The lowest BCUT2D eigenvalue weighted by Crippen LogP contribution is -2.12. The molecule has 1 aliphatic carbocycles. The van der Waals surface area contributed by atoms with Gasteiger partial charge in [-0.2, -0.15) is 0 Å². The number of hydrogen-bond donors (Lipinski definition) is 2. The Morgan fingerprint density at radius 2 is 2.29 bits per heavy atom. The largest absolute Gasteiger partial charge is 0.476 e. The Bertz CT molecular complexity index is 599. The minimum absolute atomic E-state index is 0.0602. The zero-order chi connectivity index (χ0) is 12.0. The normalized spacial score (nSPS) is 16.0. The van der Waals surface area contributed by atoms with Crippen molar-refractivity contribution in [2.24, 2.45) is 0 Å². The fourth-order valence-electron chi connectivity index (χ4n) is 2.29. The Morgan fingerprint density at radius 3 is 2.88 bits per heavy atom. The molecule has 5 nitrogen and oxygen atoms in total. The van der Waals surface area contributed by atoms with Crippen LogP contribution in [-0.4, -0.2) is 20.5 Å². The Hall–Kier alpha value is -2.04. The fraction of sp³-hybridized carbons (Fsp3) is 0.333. The molecule has 0 radical (unpaired) electrons. The summed E-state index contributed by atoms with van der Waals surface area (Å²) in [6, 6.07) is 3.52. The van der Waals surface area contributed by atoms with Crippen molar-refractivity contribution in [1.82, 2.24) is 9.38 Å². The Balaban J connectivity index is 2.30. The van der Waals surface area contributed by atoms with Gasteiger partial charge in [-0.15, -0.1) is 0 Å². The standard InChI is InChI=1S/C12H13N3O2/c13-8-5-2-6-15-10(8)9(12(16)17)14-11(15)7-3-1-4-7/h2,5-7H,1,3-4,13H2,(H,16,17). The van der Waals surface area contributed by atoms with Crippen molar-refractivity contribution < 1.29 is 9.90 Å². The van der Waals surface area contributed by atoms with Crippen molar-refractivity contribution in [3.8, 4) is 0 Å². The number of nitrogens with zero attached hydrogens (tertiary/aromatic N) is 2. The van der Waals surface area contributed by atoms with Crippen molar-refractivity contribution in [2.45, 2.75) is 25.2 Å². The minimum atomic E-state index is -1.02. The number of aromatic nitrogens is 2. The second-order valence-electron chi connectivity index (χ2n) is 4.43. The monoisotopic (exact) mass is 231 g/mol.